The Bertz CT molecular complexity index is 1910. The van der Waals surface area contributed by atoms with Crippen LogP contribution in [0.4, 0.5) is 0 Å². The van der Waals surface area contributed by atoms with Crippen molar-refractivity contribution in [1.29, 1.82) is 0 Å². The summed E-state index contributed by atoms with van der Waals surface area (Å²) in [5, 5.41) is 10.6. The van der Waals surface area contributed by atoms with Crippen LogP contribution in [0.3, 0.4) is 0 Å². The lowest BCUT2D eigenvalue weighted by molar-refractivity contribution is -0.161. The second-order valence-electron chi connectivity index (χ2n) is 29.8. The molecule has 0 aliphatic heterocycles. The molecule has 0 aliphatic carbocycles. The molecule has 99 heavy (non-hydrogen) atoms. The summed E-state index contributed by atoms with van der Waals surface area (Å²) in [6.45, 7) is 9.67. The number of esters is 4. The number of ether oxygens (including phenoxy) is 4. The van der Waals surface area contributed by atoms with Crippen LogP contribution >= 0.6 is 15.6 Å². The first-order chi connectivity index (χ1) is 47.9. The van der Waals surface area contributed by atoms with Crippen molar-refractivity contribution in [3.63, 3.8) is 0 Å². The first kappa shape index (κ1) is 97.1. The molecule has 0 heterocycles. The molecule has 0 radical (unpaired) electrons. The summed E-state index contributed by atoms with van der Waals surface area (Å²) < 4.78 is 68.7. The van der Waals surface area contributed by atoms with E-state index in [1.165, 1.54) is 238 Å². The Morgan fingerprint density at radius 3 is 0.687 bits per heavy atom. The lowest BCUT2D eigenvalue weighted by Crippen LogP contribution is -2.30. The maximum atomic E-state index is 13.1. The minimum Gasteiger partial charge on any atom is -0.462 e. The molecule has 0 amide bonds. The standard InChI is InChI=1S/C80H156O17P2/c1-7-9-11-13-15-17-19-21-22-26-34-40-46-52-58-64-79(84)96-75(68-90-77(82)62-56-50-44-38-32-20-18-16-14-12-10-8-2)70-94-98(86,87)92-66-74(81)67-93-99(88,89)95-71-76(69-91-78(83)63-57-51-45-39-33-29-28-31-37-43-49-55-61-73(5)6)97-80(85)65-59-53-47-41-35-27-24-23-25-30-36-42-48-54-60-72(3)4/h72-76,81H,7-71H2,1-6H3,(H,86,87)(H,88,89)/t74-,75+,76+/m0/s1. The van der Waals surface area contributed by atoms with Crippen molar-refractivity contribution in [2.24, 2.45) is 11.8 Å². The second-order valence-corrected chi connectivity index (χ2v) is 32.7. The van der Waals surface area contributed by atoms with Crippen LogP contribution in [0.1, 0.15) is 420 Å². The largest absolute Gasteiger partial charge is 0.472 e. The van der Waals surface area contributed by atoms with E-state index >= 15 is 0 Å². The van der Waals surface area contributed by atoms with Crippen molar-refractivity contribution >= 4 is 39.5 Å². The third-order valence-electron chi connectivity index (χ3n) is 18.7. The minimum absolute atomic E-state index is 0.108. The molecular weight excluding hydrogens is 1290 g/mol. The van der Waals surface area contributed by atoms with Gasteiger partial charge < -0.3 is 33.8 Å². The lowest BCUT2D eigenvalue weighted by atomic mass is 10.0. The van der Waals surface area contributed by atoms with Crippen molar-refractivity contribution in [3.05, 3.63) is 0 Å². The van der Waals surface area contributed by atoms with Crippen LogP contribution in [0.5, 0.6) is 0 Å². The van der Waals surface area contributed by atoms with Gasteiger partial charge in [-0.2, -0.15) is 0 Å². The number of phosphoric ester groups is 2. The van der Waals surface area contributed by atoms with Crippen LogP contribution in [0.25, 0.3) is 0 Å². The Morgan fingerprint density at radius 2 is 0.465 bits per heavy atom. The number of carbonyl (C=O) groups excluding carboxylic acids is 4. The number of rotatable bonds is 79. The fraction of sp³-hybridized carbons (Fsp3) is 0.950. The highest BCUT2D eigenvalue weighted by Gasteiger charge is 2.30. The lowest BCUT2D eigenvalue weighted by Gasteiger charge is -2.21. The minimum atomic E-state index is -4.96. The van der Waals surface area contributed by atoms with Gasteiger partial charge in [0, 0.05) is 25.7 Å². The Hall–Kier alpha value is -1.94. The van der Waals surface area contributed by atoms with Crippen LogP contribution in [-0.2, 0) is 65.4 Å². The monoisotopic (exact) mass is 1450 g/mol. The summed E-state index contributed by atoms with van der Waals surface area (Å²) in [4.78, 5) is 73.0. The van der Waals surface area contributed by atoms with E-state index in [1.807, 2.05) is 0 Å². The fourth-order valence-corrected chi connectivity index (χ4v) is 13.9. The van der Waals surface area contributed by atoms with Crippen molar-refractivity contribution in [2.45, 2.75) is 439 Å². The number of hydrogen-bond donors (Lipinski definition) is 3. The molecule has 588 valence electrons. The van der Waals surface area contributed by atoms with E-state index < -0.39 is 97.5 Å². The van der Waals surface area contributed by atoms with Gasteiger partial charge in [0.05, 0.1) is 26.4 Å². The molecule has 2 unspecified atom stereocenters. The van der Waals surface area contributed by atoms with E-state index in [0.29, 0.717) is 25.7 Å². The van der Waals surface area contributed by atoms with E-state index in [9.17, 15) is 43.2 Å². The van der Waals surface area contributed by atoms with Gasteiger partial charge in [-0.25, -0.2) is 9.13 Å². The van der Waals surface area contributed by atoms with E-state index in [4.69, 9.17) is 37.0 Å². The fourth-order valence-electron chi connectivity index (χ4n) is 12.4. The van der Waals surface area contributed by atoms with Gasteiger partial charge in [-0.15, -0.1) is 0 Å². The van der Waals surface area contributed by atoms with Crippen molar-refractivity contribution in [2.75, 3.05) is 39.6 Å². The van der Waals surface area contributed by atoms with E-state index in [-0.39, 0.29) is 25.7 Å². The molecule has 5 atom stereocenters. The summed E-state index contributed by atoms with van der Waals surface area (Å²) >= 11 is 0. The maximum absolute atomic E-state index is 13.1. The van der Waals surface area contributed by atoms with Gasteiger partial charge in [-0.3, -0.25) is 37.3 Å². The Kier molecular flexibility index (Phi) is 70.3. The molecule has 0 aliphatic rings. The molecule has 0 fully saturated rings. The van der Waals surface area contributed by atoms with E-state index in [1.54, 1.807) is 0 Å². The zero-order chi connectivity index (χ0) is 72.8. The average molecular weight is 1450 g/mol. The Morgan fingerprint density at radius 1 is 0.273 bits per heavy atom. The summed E-state index contributed by atoms with van der Waals surface area (Å²) in [5.41, 5.74) is 0. The van der Waals surface area contributed by atoms with Crippen LogP contribution in [0.15, 0.2) is 0 Å². The van der Waals surface area contributed by atoms with Crippen molar-refractivity contribution in [3.8, 4) is 0 Å². The van der Waals surface area contributed by atoms with Crippen molar-refractivity contribution in [1.82, 2.24) is 0 Å². The van der Waals surface area contributed by atoms with Gasteiger partial charge in [-0.1, -0.05) is 369 Å². The first-order valence-corrected chi connectivity index (χ1v) is 44.5. The second kappa shape index (κ2) is 71.7. The zero-order valence-corrected chi connectivity index (χ0v) is 66.6. The Labute approximate surface area is 607 Å². The number of phosphoric acid groups is 2. The normalized spacial score (nSPS) is 13.9. The summed E-state index contributed by atoms with van der Waals surface area (Å²) in [5.74, 6) is -0.530. The maximum Gasteiger partial charge on any atom is 0.472 e. The zero-order valence-electron chi connectivity index (χ0n) is 64.8. The number of aliphatic hydroxyl groups is 1. The molecule has 0 aromatic heterocycles. The molecule has 19 heteroatoms. The third kappa shape index (κ3) is 74.1. The first-order valence-electron chi connectivity index (χ1n) is 41.5. The van der Waals surface area contributed by atoms with Gasteiger partial charge in [0.25, 0.3) is 0 Å². The molecule has 0 rings (SSSR count). The van der Waals surface area contributed by atoms with Crippen LogP contribution in [0.2, 0.25) is 0 Å². The SMILES string of the molecule is CCCCCCCCCCCCCCCCCC(=O)O[C@H](COC(=O)CCCCCCCCCCCCCC)COP(=O)(O)OC[C@H](O)COP(=O)(O)OC[C@@H](COC(=O)CCCCCCCCCCCCCCC(C)C)OC(=O)CCCCCCCCCCCCCCCCC(C)C. The molecule has 0 spiro atoms. The van der Waals surface area contributed by atoms with Crippen LogP contribution < -0.4 is 0 Å². The smallest absolute Gasteiger partial charge is 0.462 e. The highest BCUT2D eigenvalue weighted by molar-refractivity contribution is 7.47. The molecule has 17 nitrogen and oxygen atoms in total. The highest BCUT2D eigenvalue weighted by Crippen LogP contribution is 2.45. The van der Waals surface area contributed by atoms with E-state index in [2.05, 4.69) is 41.5 Å². The number of unbranched alkanes of at least 4 members (excludes halogenated alkanes) is 49. The number of hydrogen-bond acceptors (Lipinski definition) is 15. The summed E-state index contributed by atoms with van der Waals surface area (Å²) in [7, 11) is -9.92. The van der Waals surface area contributed by atoms with Gasteiger partial charge in [0.15, 0.2) is 12.2 Å². The summed E-state index contributed by atoms with van der Waals surface area (Å²) in [6.07, 6.45) is 60.8. The highest BCUT2D eigenvalue weighted by atomic mass is 31.2. The van der Waals surface area contributed by atoms with Crippen LogP contribution in [-0.4, -0.2) is 96.7 Å². The number of carbonyl (C=O) groups is 4. The number of aliphatic hydroxyl groups excluding tert-OH is 1. The predicted octanol–water partition coefficient (Wildman–Crippen LogP) is 23.9. The molecule has 0 saturated heterocycles. The Balaban J connectivity index is 5.27. The molecule has 0 bridgehead atoms. The molecule has 0 aromatic rings. The average Bonchev–Trinajstić information content (AvgIpc) is 1.01. The van der Waals surface area contributed by atoms with Crippen LogP contribution in [0, 0.1) is 11.8 Å². The summed E-state index contributed by atoms with van der Waals surface area (Å²) in [6, 6.07) is 0. The third-order valence-corrected chi connectivity index (χ3v) is 20.6. The van der Waals surface area contributed by atoms with Gasteiger partial charge >= 0.3 is 39.5 Å². The quantitative estimate of drug-likeness (QED) is 0.0222. The van der Waals surface area contributed by atoms with E-state index in [0.717, 1.165) is 102 Å². The van der Waals surface area contributed by atoms with Gasteiger partial charge in [0.1, 0.15) is 19.3 Å². The van der Waals surface area contributed by atoms with Crippen molar-refractivity contribution < 1.29 is 80.2 Å². The topological polar surface area (TPSA) is 237 Å². The van der Waals surface area contributed by atoms with Gasteiger partial charge in [-0.05, 0) is 37.5 Å². The molecular formula is C80H156O17P2. The molecule has 0 aromatic carbocycles. The predicted molar refractivity (Wildman–Crippen MR) is 405 cm³/mol. The molecule has 0 saturated carbocycles. The van der Waals surface area contributed by atoms with Gasteiger partial charge in [0.2, 0.25) is 0 Å². The molecule has 3 N–H and O–H groups in total.